The van der Waals surface area contributed by atoms with Crippen LogP contribution in [-0.4, -0.2) is 55.5 Å². The maximum absolute atomic E-state index is 12.8. The molecule has 0 atom stereocenters. The zero-order valence-electron chi connectivity index (χ0n) is 15.6. The Hall–Kier alpha value is -1.77. The number of amides is 1. The Morgan fingerprint density at radius 1 is 1.11 bits per heavy atom. The van der Waals surface area contributed by atoms with Gasteiger partial charge in [0, 0.05) is 26.2 Å². The normalized spacial score (nSPS) is 15.9. The number of rotatable bonds is 6. The van der Waals surface area contributed by atoms with Crippen molar-refractivity contribution in [1.29, 1.82) is 0 Å². The molecule has 2 aromatic rings. The molecule has 0 saturated carbocycles. The molecule has 8 heteroatoms. The van der Waals surface area contributed by atoms with E-state index in [1.165, 1.54) is 16.1 Å². The van der Waals surface area contributed by atoms with Gasteiger partial charge in [0.05, 0.1) is 22.7 Å². The molecule has 146 valence electrons. The Morgan fingerprint density at radius 3 is 2.48 bits per heavy atom. The Kier molecular flexibility index (Phi) is 6.29. The van der Waals surface area contributed by atoms with Crippen LogP contribution in [0.5, 0.6) is 0 Å². The number of aryl methyl sites for hydroxylation is 2. The number of hydrogen-bond donors (Lipinski definition) is 0. The molecule has 1 aromatic heterocycles. The van der Waals surface area contributed by atoms with Crippen LogP contribution >= 0.6 is 11.8 Å². The molecule has 1 aliphatic rings. The molecule has 3 rings (SSSR count). The van der Waals surface area contributed by atoms with Crippen LogP contribution in [0.25, 0.3) is 0 Å². The zero-order chi connectivity index (χ0) is 19.4. The van der Waals surface area contributed by atoms with Crippen LogP contribution in [-0.2, 0) is 20.6 Å². The summed E-state index contributed by atoms with van der Waals surface area (Å²) in [6, 6.07) is 8.91. The highest BCUT2D eigenvalue weighted by atomic mass is 32.2. The fourth-order valence-corrected chi connectivity index (χ4v) is 5.26. The van der Waals surface area contributed by atoms with E-state index in [4.69, 9.17) is 4.42 Å². The van der Waals surface area contributed by atoms with E-state index in [-0.39, 0.29) is 5.91 Å². The average molecular weight is 409 g/mol. The van der Waals surface area contributed by atoms with Crippen molar-refractivity contribution in [3.8, 4) is 0 Å². The van der Waals surface area contributed by atoms with Crippen LogP contribution in [0.2, 0.25) is 0 Å². The molecular formula is C19H24N2O4S2. The highest BCUT2D eigenvalue weighted by Crippen LogP contribution is 2.21. The molecule has 6 nitrogen and oxygen atoms in total. The minimum absolute atomic E-state index is 0.0368. The summed E-state index contributed by atoms with van der Waals surface area (Å²) < 4.78 is 32.4. The van der Waals surface area contributed by atoms with Gasteiger partial charge in [-0.2, -0.15) is 4.31 Å². The third-order valence-electron chi connectivity index (χ3n) is 4.76. The van der Waals surface area contributed by atoms with Crippen molar-refractivity contribution in [2.75, 3.05) is 31.9 Å². The van der Waals surface area contributed by atoms with Crippen molar-refractivity contribution in [2.24, 2.45) is 0 Å². The largest absolute Gasteiger partial charge is 0.468 e. The number of carbonyl (C=O) groups is 1. The second-order valence-corrected chi connectivity index (χ2v) is 9.53. The van der Waals surface area contributed by atoms with Gasteiger partial charge < -0.3 is 9.32 Å². The van der Waals surface area contributed by atoms with Gasteiger partial charge in [0.15, 0.2) is 0 Å². The van der Waals surface area contributed by atoms with Crippen LogP contribution in [0.1, 0.15) is 16.9 Å². The molecule has 1 aliphatic heterocycles. The van der Waals surface area contributed by atoms with E-state index in [2.05, 4.69) is 0 Å². The summed E-state index contributed by atoms with van der Waals surface area (Å²) >= 11 is 1.50. The average Bonchev–Trinajstić information content (AvgIpc) is 3.17. The lowest BCUT2D eigenvalue weighted by molar-refractivity contribution is -0.129. The summed E-state index contributed by atoms with van der Waals surface area (Å²) in [6.07, 6.45) is 1.62. The maximum Gasteiger partial charge on any atom is 0.243 e. The Morgan fingerprint density at radius 2 is 1.85 bits per heavy atom. The first kappa shape index (κ1) is 20.0. The standard InChI is InChI=1S/C19H24N2O4S2/c1-15-5-6-18(12-16(15)2)27(23,24)21-9-7-20(8-10-21)19(22)14-26-13-17-4-3-11-25-17/h3-6,11-12H,7-10,13-14H2,1-2H3. The molecule has 27 heavy (non-hydrogen) atoms. The van der Waals surface area contributed by atoms with Gasteiger partial charge in [-0.1, -0.05) is 6.07 Å². The van der Waals surface area contributed by atoms with Crippen molar-refractivity contribution < 1.29 is 17.6 Å². The molecule has 2 heterocycles. The van der Waals surface area contributed by atoms with Crippen molar-refractivity contribution in [3.63, 3.8) is 0 Å². The van der Waals surface area contributed by atoms with E-state index in [0.717, 1.165) is 16.9 Å². The highest BCUT2D eigenvalue weighted by Gasteiger charge is 2.30. The van der Waals surface area contributed by atoms with E-state index >= 15 is 0 Å². The van der Waals surface area contributed by atoms with Crippen LogP contribution in [0.3, 0.4) is 0 Å². The SMILES string of the molecule is Cc1ccc(S(=O)(=O)N2CCN(C(=O)CSCc3ccco3)CC2)cc1C. The van der Waals surface area contributed by atoms with Crippen LogP contribution < -0.4 is 0 Å². The van der Waals surface area contributed by atoms with Crippen molar-refractivity contribution >= 4 is 27.7 Å². The number of thioether (sulfide) groups is 1. The summed E-state index contributed by atoms with van der Waals surface area (Å²) in [5.74, 6) is 1.90. The summed E-state index contributed by atoms with van der Waals surface area (Å²) in [5, 5.41) is 0. The van der Waals surface area contributed by atoms with Crippen molar-refractivity contribution in [2.45, 2.75) is 24.5 Å². The molecule has 1 amide bonds. The smallest absolute Gasteiger partial charge is 0.243 e. The van der Waals surface area contributed by atoms with E-state index < -0.39 is 10.0 Å². The molecular weight excluding hydrogens is 384 g/mol. The zero-order valence-corrected chi connectivity index (χ0v) is 17.2. The van der Waals surface area contributed by atoms with Crippen LogP contribution in [0.15, 0.2) is 45.9 Å². The van der Waals surface area contributed by atoms with E-state index in [9.17, 15) is 13.2 Å². The minimum Gasteiger partial charge on any atom is -0.468 e. The lowest BCUT2D eigenvalue weighted by atomic mass is 10.1. The molecule has 0 unspecified atom stereocenters. The predicted octanol–water partition coefficient (Wildman–Crippen LogP) is 2.66. The highest BCUT2D eigenvalue weighted by molar-refractivity contribution is 7.99. The lowest BCUT2D eigenvalue weighted by Crippen LogP contribution is -2.51. The Bertz CT molecular complexity index is 886. The number of piperazine rings is 1. The summed E-state index contributed by atoms with van der Waals surface area (Å²) in [7, 11) is -3.52. The first-order valence-electron chi connectivity index (χ1n) is 8.83. The molecule has 1 aromatic carbocycles. The second-order valence-electron chi connectivity index (χ2n) is 6.60. The van der Waals surface area contributed by atoms with Crippen molar-refractivity contribution in [3.05, 3.63) is 53.5 Å². The monoisotopic (exact) mass is 408 g/mol. The third kappa shape index (κ3) is 4.75. The van der Waals surface area contributed by atoms with Crippen LogP contribution in [0, 0.1) is 13.8 Å². The van der Waals surface area contributed by atoms with E-state index in [1.54, 1.807) is 23.3 Å². The first-order chi connectivity index (χ1) is 12.9. The number of carbonyl (C=O) groups excluding carboxylic acids is 1. The van der Waals surface area contributed by atoms with Gasteiger partial charge in [-0.25, -0.2) is 8.42 Å². The topological polar surface area (TPSA) is 70.8 Å². The van der Waals surface area contributed by atoms with Gasteiger partial charge >= 0.3 is 0 Å². The molecule has 0 N–H and O–H groups in total. The molecule has 0 radical (unpaired) electrons. The molecule has 1 saturated heterocycles. The Labute approximate surface area is 164 Å². The van der Waals surface area contributed by atoms with Gasteiger partial charge in [-0.05, 0) is 49.2 Å². The van der Waals surface area contributed by atoms with Crippen LogP contribution in [0.4, 0.5) is 0 Å². The molecule has 1 fully saturated rings. The maximum atomic E-state index is 12.8. The van der Waals surface area contributed by atoms with Gasteiger partial charge in [-0.3, -0.25) is 4.79 Å². The Balaban J connectivity index is 1.53. The molecule has 0 spiro atoms. The fraction of sp³-hybridized carbons (Fsp3) is 0.421. The molecule has 0 bridgehead atoms. The summed E-state index contributed by atoms with van der Waals surface area (Å²) in [5.41, 5.74) is 2.02. The lowest BCUT2D eigenvalue weighted by Gasteiger charge is -2.34. The molecule has 0 aliphatic carbocycles. The van der Waals surface area contributed by atoms with Gasteiger partial charge in [0.2, 0.25) is 15.9 Å². The van der Waals surface area contributed by atoms with Gasteiger partial charge in [0.25, 0.3) is 0 Å². The minimum atomic E-state index is -3.52. The number of sulfonamides is 1. The van der Waals surface area contributed by atoms with E-state index in [1.807, 2.05) is 32.0 Å². The number of furan rings is 1. The van der Waals surface area contributed by atoms with Crippen molar-refractivity contribution in [1.82, 2.24) is 9.21 Å². The number of benzene rings is 1. The number of nitrogens with zero attached hydrogens (tertiary/aromatic N) is 2. The van der Waals surface area contributed by atoms with Gasteiger partial charge in [0.1, 0.15) is 5.76 Å². The second kappa shape index (κ2) is 8.50. The number of hydrogen-bond acceptors (Lipinski definition) is 5. The predicted molar refractivity (Wildman–Crippen MR) is 106 cm³/mol. The van der Waals surface area contributed by atoms with E-state index in [0.29, 0.717) is 42.6 Å². The summed E-state index contributed by atoms with van der Waals surface area (Å²) in [4.78, 5) is 14.4. The fourth-order valence-electron chi connectivity index (χ4n) is 2.93. The van der Waals surface area contributed by atoms with Gasteiger partial charge in [-0.15, -0.1) is 11.8 Å². The third-order valence-corrected chi connectivity index (χ3v) is 7.59. The quantitative estimate of drug-likeness (QED) is 0.735. The first-order valence-corrected chi connectivity index (χ1v) is 11.4. The summed E-state index contributed by atoms with van der Waals surface area (Å²) in [6.45, 7) is 5.35.